The lowest BCUT2D eigenvalue weighted by molar-refractivity contribution is 0.601. The maximum absolute atomic E-state index is 12.5. The molecule has 1 aromatic carbocycles. The van der Waals surface area contributed by atoms with Gasteiger partial charge >= 0.3 is 0 Å². The van der Waals surface area contributed by atoms with E-state index in [1.165, 1.54) is 23.5 Å². The van der Waals surface area contributed by atoms with Crippen LogP contribution in [0.25, 0.3) is 11.4 Å². The van der Waals surface area contributed by atoms with Crippen molar-refractivity contribution in [2.45, 2.75) is 24.7 Å². The van der Waals surface area contributed by atoms with Gasteiger partial charge in [-0.3, -0.25) is 9.71 Å². The fourth-order valence-corrected chi connectivity index (χ4v) is 4.72. The van der Waals surface area contributed by atoms with E-state index >= 15 is 0 Å². The highest BCUT2D eigenvalue weighted by molar-refractivity contribution is 7.93. The minimum Gasteiger partial charge on any atom is -0.255 e. The van der Waals surface area contributed by atoms with Crippen LogP contribution in [0.3, 0.4) is 0 Å². The summed E-state index contributed by atoms with van der Waals surface area (Å²) in [4.78, 5) is 9.94. The quantitative estimate of drug-likeness (QED) is 0.663. The van der Waals surface area contributed by atoms with Crippen LogP contribution >= 0.6 is 22.9 Å². The summed E-state index contributed by atoms with van der Waals surface area (Å²) in [5.41, 5.74) is 1.46. The fourth-order valence-electron chi connectivity index (χ4n) is 2.28. The molecule has 0 aliphatic rings. The van der Waals surface area contributed by atoms with E-state index in [1.54, 1.807) is 18.3 Å². The van der Waals surface area contributed by atoms with Gasteiger partial charge in [0.2, 0.25) is 0 Å². The summed E-state index contributed by atoms with van der Waals surface area (Å²) in [6, 6.07) is 11.6. The molecule has 0 bridgehead atoms. The zero-order chi connectivity index (χ0) is 17.9. The smallest absolute Gasteiger partial charge is 0.255 e. The van der Waals surface area contributed by atoms with Gasteiger partial charge in [-0.2, -0.15) is 0 Å². The van der Waals surface area contributed by atoms with Gasteiger partial charge in [0.25, 0.3) is 10.0 Å². The van der Waals surface area contributed by atoms with Crippen molar-refractivity contribution in [2.75, 3.05) is 4.72 Å². The largest absolute Gasteiger partial charge is 0.263 e. The second kappa shape index (κ2) is 7.51. The van der Waals surface area contributed by atoms with E-state index in [0.29, 0.717) is 10.2 Å². The van der Waals surface area contributed by atoms with Crippen molar-refractivity contribution in [1.29, 1.82) is 0 Å². The van der Waals surface area contributed by atoms with Crippen molar-refractivity contribution in [3.63, 3.8) is 0 Å². The minimum atomic E-state index is -3.71. The number of benzene rings is 1. The van der Waals surface area contributed by atoms with Crippen LogP contribution in [0.2, 0.25) is 5.02 Å². The Balaban J connectivity index is 1.94. The minimum absolute atomic E-state index is 0.142. The molecule has 0 unspecified atom stereocenters. The summed E-state index contributed by atoms with van der Waals surface area (Å²) in [6.07, 6.45) is 3.44. The number of hydrogen-bond acceptors (Lipinski definition) is 5. The lowest BCUT2D eigenvalue weighted by atomic mass is 10.2. The Morgan fingerprint density at radius 2 is 1.92 bits per heavy atom. The van der Waals surface area contributed by atoms with Gasteiger partial charge in [0.1, 0.15) is 5.69 Å². The van der Waals surface area contributed by atoms with Crippen LogP contribution in [0.1, 0.15) is 18.2 Å². The molecule has 0 fully saturated rings. The Kier molecular flexibility index (Phi) is 5.36. The molecular formula is C17H16ClN3O2S2. The van der Waals surface area contributed by atoms with Crippen LogP contribution in [-0.2, 0) is 16.4 Å². The highest BCUT2D eigenvalue weighted by atomic mass is 35.5. The first-order valence-corrected chi connectivity index (χ1v) is 10.4. The average molecular weight is 394 g/mol. The zero-order valence-electron chi connectivity index (χ0n) is 13.4. The number of sulfonamides is 1. The standard InChI is InChI=1S/C17H16ClN3O2S2/c1-2-5-15-16(14-6-3-4-11-19-14)20-17(24-15)21-25(22,23)13-9-7-12(18)8-10-13/h3-4,6-11H,2,5H2,1H3,(H,20,21). The third-order valence-corrected chi connectivity index (χ3v) is 6.19. The number of hydrogen-bond donors (Lipinski definition) is 1. The summed E-state index contributed by atoms with van der Waals surface area (Å²) >= 11 is 7.15. The fraction of sp³-hybridized carbons (Fsp3) is 0.176. The van der Waals surface area contributed by atoms with Crippen LogP contribution in [0.4, 0.5) is 5.13 Å². The van der Waals surface area contributed by atoms with Gasteiger partial charge in [-0.15, -0.1) is 11.3 Å². The first-order chi connectivity index (χ1) is 12.0. The molecule has 0 aliphatic heterocycles. The number of rotatable bonds is 6. The lowest BCUT2D eigenvalue weighted by Gasteiger charge is -2.04. The van der Waals surface area contributed by atoms with E-state index in [2.05, 4.69) is 21.6 Å². The number of aromatic nitrogens is 2. The van der Waals surface area contributed by atoms with Crippen molar-refractivity contribution < 1.29 is 8.42 Å². The van der Waals surface area contributed by atoms with Gasteiger partial charge in [-0.1, -0.05) is 31.0 Å². The molecule has 0 radical (unpaired) electrons. The van der Waals surface area contributed by atoms with Crippen LogP contribution in [0.15, 0.2) is 53.6 Å². The van der Waals surface area contributed by atoms with Gasteiger partial charge in [-0.05, 0) is 42.8 Å². The highest BCUT2D eigenvalue weighted by Crippen LogP contribution is 2.32. The summed E-state index contributed by atoms with van der Waals surface area (Å²) < 4.78 is 27.6. The second-order valence-electron chi connectivity index (χ2n) is 5.32. The predicted octanol–water partition coefficient (Wildman–Crippen LogP) is 4.61. The molecule has 25 heavy (non-hydrogen) atoms. The summed E-state index contributed by atoms with van der Waals surface area (Å²) in [7, 11) is -3.71. The van der Waals surface area contributed by atoms with E-state index in [0.717, 1.165) is 29.1 Å². The molecule has 3 rings (SSSR count). The predicted molar refractivity (Wildman–Crippen MR) is 102 cm³/mol. The van der Waals surface area contributed by atoms with Crippen molar-refractivity contribution in [3.05, 3.63) is 58.6 Å². The number of thiazole rings is 1. The number of pyridine rings is 1. The van der Waals surface area contributed by atoms with Gasteiger partial charge < -0.3 is 0 Å². The number of anilines is 1. The van der Waals surface area contributed by atoms with Crippen LogP contribution in [0, 0.1) is 0 Å². The summed E-state index contributed by atoms with van der Waals surface area (Å²) in [6.45, 7) is 2.07. The van der Waals surface area contributed by atoms with Crippen molar-refractivity contribution >= 4 is 38.1 Å². The van der Waals surface area contributed by atoms with Gasteiger partial charge in [0.05, 0.1) is 10.6 Å². The molecule has 3 aromatic rings. The number of nitrogens with one attached hydrogen (secondary N) is 1. The van der Waals surface area contributed by atoms with E-state index in [-0.39, 0.29) is 4.90 Å². The number of halogens is 1. The molecule has 0 saturated heterocycles. The maximum Gasteiger partial charge on any atom is 0.263 e. The Morgan fingerprint density at radius 1 is 1.16 bits per heavy atom. The SMILES string of the molecule is CCCc1sc(NS(=O)(=O)c2ccc(Cl)cc2)nc1-c1ccccn1. The normalized spacial score (nSPS) is 11.4. The lowest BCUT2D eigenvalue weighted by Crippen LogP contribution is -2.12. The van der Waals surface area contributed by atoms with E-state index in [1.807, 2.05) is 18.2 Å². The zero-order valence-corrected chi connectivity index (χ0v) is 15.8. The van der Waals surface area contributed by atoms with Crippen molar-refractivity contribution in [3.8, 4) is 11.4 Å². The van der Waals surface area contributed by atoms with Crippen LogP contribution in [0.5, 0.6) is 0 Å². The van der Waals surface area contributed by atoms with Crippen molar-refractivity contribution in [1.82, 2.24) is 9.97 Å². The molecule has 2 heterocycles. The molecule has 2 aromatic heterocycles. The first kappa shape index (κ1) is 17.8. The van der Waals surface area contributed by atoms with E-state index in [9.17, 15) is 8.42 Å². The maximum atomic E-state index is 12.5. The van der Waals surface area contributed by atoms with E-state index in [4.69, 9.17) is 11.6 Å². The molecular weight excluding hydrogens is 378 g/mol. The molecule has 130 valence electrons. The molecule has 0 spiro atoms. The average Bonchev–Trinajstić information content (AvgIpc) is 2.98. The Hall–Kier alpha value is -1.96. The molecule has 1 N–H and O–H groups in total. The Bertz CT molecular complexity index is 955. The van der Waals surface area contributed by atoms with Gasteiger partial charge in [-0.25, -0.2) is 13.4 Å². The summed E-state index contributed by atoms with van der Waals surface area (Å²) in [5, 5.41) is 0.815. The monoisotopic (exact) mass is 393 g/mol. The van der Waals surface area contributed by atoms with E-state index < -0.39 is 10.0 Å². The third-order valence-electron chi connectivity index (χ3n) is 3.43. The number of nitrogens with zero attached hydrogens (tertiary/aromatic N) is 2. The van der Waals surface area contributed by atoms with Crippen LogP contribution in [-0.4, -0.2) is 18.4 Å². The second-order valence-corrected chi connectivity index (χ2v) is 8.52. The molecule has 8 heteroatoms. The third kappa shape index (κ3) is 4.18. The molecule has 5 nitrogen and oxygen atoms in total. The molecule has 0 saturated carbocycles. The first-order valence-electron chi connectivity index (χ1n) is 7.69. The number of aryl methyl sites for hydroxylation is 1. The van der Waals surface area contributed by atoms with Gasteiger partial charge in [0, 0.05) is 16.1 Å². The summed E-state index contributed by atoms with van der Waals surface area (Å²) in [5.74, 6) is 0. The molecule has 0 amide bonds. The topological polar surface area (TPSA) is 72.0 Å². The van der Waals surface area contributed by atoms with Gasteiger partial charge in [0.15, 0.2) is 5.13 Å². The Morgan fingerprint density at radius 3 is 2.56 bits per heavy atom. The van der Waals surface area contributed by atoms with Crippen molar-refractivity contribution in [2.24, 2.45) is 0 Å². The molecule has 0 aliphatic carbocycles. The Labute approximate surface area is 155 Å². The van der Waals surface area contributed by atoms with Crippen LogP contribution < -0.4 is 4.72 Å². The highest BCUT2D eigenvalue weighted by Gasteiger charge is 2.19. The molecule has 0 atom stereocenters.